The summed E-state index contributed by atoms with van der Waals surface area (Å²) in [6.07, 6.45) is -4.35. The van der Waals surface area contributed by atoms with Crippen molar-refractivity contribution in [3.8, 4) is 0 Å². The third-order valence-corrected chi connectivity index (χ3v) is 3.32. The van der Waals surface area contributed by atoms with Crippen molar-refractivity contribution >= 4 is 11.6 Å². The Kier molecular flexibility index (Phi) is 4.17. The highest BCUT2D eigenvalue weighted by atomic mass is 19.4. The van der Waals surface area contributed by atoms with Crippen LogP contribution >= 0.6 is 0 Å². The fourth-order valence-corrected chi connectivity index (χ4v) is 2.26. The maximum Gasteiger partial charge on any atom is 0.416 e. The predicted molar refractivity (Wildman–Crippen MR) is 69.5 cm³/mol. The number of nitrogens with zero attached hydrogens (tertiary/aromatic N) is 1. The van der Waals surface area contributed by atoms with Gasteiger partial charge >= 0.3 is 6.18 Å². The van der Waals surface area contributed by atoms with Gasteiger partial charge in [0, 0.05) is 32.4 Å². The molecule has 1 atom stereocenters. The Bertz CT molecular complexity index is 473. The summed E-state index contributed by atoms with van der Waals surface area (Å²) in [7, 11) is 1.54. The number of hydrogen-bond donors (Lipinski definition) is 2. The molecular weight excluding hydrogens is 271 g/mol. The fourth-order valence-electron chi connectivity index (χ4n) is 2.26. The van der Waals surface area contributed by atoms with E-state index < -0.39 is 17.8 Å². The molecule has 1 aromatic rings. The van der Waals surface area contributed by atoms with Crippen LogP contribution in [-0.4, -0.2) is 38.6 Å². The molecule has 1 aliphatic rings. The van der Waals surface area contributed by atoms with Crippen LogP contribution in [0.25, 0.3) is 0 Å². The zero-order valence-corrected chi connectivity index (χ0v) is 11.0. The van der Waals surface area contributed by atoms with Crippen molar-refractivity contribution in [3.05, 3.63) is 29.8 Å². The monoisotopic (exact) mass is 287 g/mol. The van der Waals surface area contributed by atoms with Gasteiger partial charge in [0.1, 0.15) is 6.04 Å². The van der Waals surface area contributed by atoms with Gasteiger partial charge in [0.15, 0.2) is 0 Å². The van der Waals surface area contributed by atoms with E-state index in [1.807, 2.05) is 4.90 Å². The summed E-state index contributed by atoms with van der Waals surface area (Å²) in [6, 6.07) is 4.48. The first-order chi connectivity index (χ1) is 9.43. The second kappa shape index (κ2) is 5.70. The van der Waals surface area contributed by atoms with Gasteiger partial charge in [-0.15, -0.1) is 0 Å². The second-order valence-corrected chi connectivity index (χ2v) is 4.57. The highest BCUT2D eigenvalue weighted by Crippen LogP contribution is 2.31. The van der Waals surface area contributed by atoms with E-state index in [9.17, 15) is 18.0 Å². The molecule has 1 heterocycles. The lowest BCUT2D eigenvalue weighted by molar-refractivity contribution is -0.137. The van der Waals surface area contributed by atoms with Crippen molar-refractivity contribution in [2.75, 3.05) is 31.6 Å². The molecular formula is C13H16F3N3O. The van der Waals surface area contributed by atoms with Gasteiger partial charge in [0.2, 0.25) is 5.91 Å². The molecule has 2 N–H and O–H groups in total. The number of anilines is 1. The average Bonchev–Trinajstić information content (AvgIpc) is 2.45. The highest BCUT2D eigenvalue weighted by Gasteiger charge is 2.31. The van der Waals surface area contributed by atoms with E-state index in [2.05, 4.69) is 10.6 Å². The van der Waals surface area contributed by atoms with E-state index in [0.717, 1.165) is 12.1 Å². The van der Waals surface area contributed by atoms with E-state index in [-0.39, 0.29) is 5.91 Å². The summed E-state index contributed by atoms with van der Waals surface area (Å²) in [5.74, 6) is -0.155. The predicted octanol–water partition coefficient (Wildman–Crippen LogP) is 1.23. The van der Waals surface area contributed by atoms with Crippen molar-refractivity contribution in [3.63, 3.8) is 0 Å². The molecule has 1 aromatic carbocycles. The molecule has 0 aromatic heterocycles. The molecule has 1 amide bonds. The standard InChI is InChI=1S/C13H16F3N3O/c1-17-12(20)11-8-18-6-7-19(11)10-4-2-9(3-5-10)13(14,15)16/h2-5,11,18H,6-8H2,1H3,(H,17,20). The zero-order chi connectivity index (χ0) is 14.8. The molecule has 0 radical (unpaired) electrons. The van der Waals surface area contributed by atoms with Crippen molar-refractivity contribution in [2.24, 2.45) is 0 Å². The molecule has 2 rings (SSSR count). The largest absolute Gasteiger partial charge is 0.416 e. The highest BCUT2D eigenvalue weighted by molar-refractivity contribution is 5.85. The molecule has 0 bridgehead atoms. The third-order valence-electron chi connectivity index (χ3n) is 3.32. The Morgan fingerprint density at radius 1 is 1.35 bits per heavy atom. The SMILES string of the molecule is CNC(=O)C1CNCCN1c1ccc(C(F)(F)F)cc1. The van der Waals surface area contributed by atoms with Crippen molar-refractivity contribution in [1.29, 1.82) is 0 Å². The molecule has 0 saturated carbocycles. The quantitative estimate of drug-likeness (QED) is 0.860. The van der Waals surface area contributed by atoms with Gasteiger partial charge in [-0.05, 0) is 24.3 Å². The fraction of sp³-hybridized carbons (Fsp3) is 0.462. The number of likely N-dealkylation sites (N-methyl/N-ethyl adjacent to an activating group) is 1. The minimum absolute atomic E-state index is 0.155. The summed E-state index contributed by atoms with van der Waals surface area (Å²) in [4.78, 5) is 13.6. The molecule has 1 aliphatic heterocycles. The van der Waals surface area contributed by atoms with Crippen LogP contribution in [0.15, 0.2) is 24.3 Å². The van der Waals surface area contributed by atoms with Crippen LogP contribution in [-0.2, 0) is 11.0 Å². The van der Waals surface area contributed by atoms with E-state index >= 15 is 0 Å². The zero-order valence-electron chi connectivity index (χ0n) is 11.0. The molecule has 1 fully saturated rings. The van der Waals surface area contributed by atoms with Crippen LogP contribution in [0.5, 0.6) is 0 Å². The number of carbonyl (C=O) groups excluding carboxylic acids is 1. The van der Waals surface area contributed by atoms with Gasteiger partial charge in [-0.25, -0.2) is 0 Å². The number of hydrogen-bond acceptors (Lipinski definition) is 3. The Morgan fingerprint density at radius 3 is 2.55 bits per heavy atom. The van der Waals surface area contributed by atoms with Crippen molar-refractivity contribution in [1.82, 2.24) is 10.6 Å². The minimum Gasteiger partial charge on any atom is -0.357 e. The first kappa shape index (κ1) is 14.6. The van der Waals surface area contributed by atoms with E-state index in [1.165, 1.54) is 12.1 Å². The lowest BCUT2D eigenvalue weighted by atomic mass is 10.1. The minimum atomic E-state index is -4.35. The van der Waals surface area contributed by atoms with Gasteiger partial charge in [-0.1, -0.05) is 0 Å². The Labute approximate surface area is 114 Å². The van der Waals surface area contributed by atoms with E-state index in [1.54, 1.807) is 7.05 Å². The summed E-state index contributed by atoms with van der Waals surface area (Å²) in [6.45, 7) is 1.73. The molecule has 7 heteroatoms. The van der Waals surface area contributed by atoms with Crippen LogP contribution in [0.2, 0.25) is 0 Å². The summed E-state index contributed by atoms with van der Waals surface area (Å²) in [5, 5.41) is 5.67. The number of piperazine rings is 1. The number of nitrogens with one attached hydrogen (secondary N) is 2. The molecule has 4 nitrogen and oxygen atoms in total. The summed E-state index contributed by atoms with van der Waals surface area (Å²) < 4.78 is 37.6. The van der Waals surface area contributed by atoms with Crippen LogP contribution in [0.3, 0.4) is 0 Å². The van der Waals surface area contributed by atoms with E-state index in [4.69, 9.17) is 0 Å². The van der Waals surface area contributed by atoms with Gasteiger partial charge < -0.3 is 15.5 Å². The maximum absolute atomic E-state index is 12.5. The van der Waals surface area contributed by atoms with E-state index in [0.29, 0.717) is 25.3 Å². The number of halogens is 3. The normalized spacial score (nSPS) is 19.8. The second-order valence-electron chi connectivity index (χ2n) is 4.57. The molecule has 0 aliphatic carbocycles. The molecule has 1 unspecified atom stereocenters. The van der Waals surface area contributed by atoms with Gasteiger partial charge in [0.25, 0.3) is 0 Å². The molecule has 20 heavy (non-hydrogen) atoms. The third kappa shape index (κ3) is 3.04. The van der Waals surface area contributed by atoms with Crippen molar-refractivity contribution in [2.45, 2.75) is 12.2 Å². The topological polar surface area (TPSA) is 44.4 Å². The van der Waals surface area contributed by atoms with Crippen LogP contribution in [0.1, 0.15) is 5.56 Å². The van der Waals surface area contributed by atoms with Gasteiger partial charge in [-0.3, -0.25) is 4.79 Å². The van der Waals surface area contributed by atoms with Crippen molar-refractivity contribution < 1.29 is 18.0 Å². The Hall–Kier alpha value is -1.76. The lowest BCUT2D eigenvalue weighted by Gasteiger charge is -2.36. The molecule has 110 valence electrons. The van der Waals surface area contributed by atoms with Gasteiger partial charge in [-0.2, -0.15) is 13.2 Å². The number of alkyl halides is 3. The summed E-state index contributed by atoms with van der Waals surface area (Å²) >= 11 is 0. The van der Waals surface area contributed by atoms with Crippen LogP contribution in [0, 0.1) is 0 Å². The number of amides is 1. The number of rotatable bonds is 2. The van der Waals surface area contributed by atoms with Crippen LogP contribution in [0.4, 0.5) is 18.9 Å². The number of benzene rings is 1. The Balaban J connectivity index is 2.22. The number of carbonyl (C=O) groups is 1. The molecule has 0 spiro atoms. The lowest BCUT2D eigenvalue weighted by Crippen LogP contribution is -2.57. The smallest absolute Gasteiger partial charge is 0.357 e. The maximum atomic E-state index is 12.5. The Morgan fingerprint density at radius 2 is 2.00 bits per heavy atom. The first-order valence-corrected chi connectivity index (χ1v) is 6.29. The average molecular weight is 287 g/mol. The van der Waals surface area contributed by atoms with Gasteiger partial charge in [0.05, 0.1) is 5.56 Å². The summed E-state index contributed by atoms with van der Waals surface area (Å²) in [5.41, 5.74) is -0.0685. The van der Waals surface area contributed by atoms with Crippen LogP contribution < -0.4 is 15.5 Å². The molecule has 1 saturated heterocycles. The first-order valence-electron chi connectivity index (χ1n) is 6.29.